The molecule has 0 amide bonds. The van der Waals surface area contributed by atoms with E-state index >= 15 is 0 Å². The van der Waals surface area contributed by atoms with E-state index in [1.807, 2.05) is 24.3 Å². The fourth-order valence-electron chi connectivity index (χ4n) is 1.32. The average molecular weight is 135 g/mol. The van der Waals surface area contributed by atoms with E-state index in [1.165, 1.54) is 10.6 Å². The van der Waals surface area contributed by atoms with Gasteiger partial charge in [0.05, 0.1) is 5.69 Å². The van der Waals surface area contributed by atoms with Crippen LogP contribution in [-0.2, 0) is 6.42 Å². The molecule has 1 aromatic rings. The molecule has 0 aliphatic carbocycles. The van der Waals surface area contributed by atoms with Crippen molar-refractivity contribution in [3.63, 3.8) is 0 Å². The molecule has 1 aliphatic heterocycles. The fourth-order valence-corrected chi connectivity index (χ4v) is 1.32. The van der Waals surface area contributed by atoms with Gasteiger partial charge in [0.15, 0.2) is 0 Å². The van der Waals surface area contributed by atoms with Crippen LogP contribution in [0.5, 0.6) is 0 Å². The predicted molar refractivity (Wildman–Crippen MR) is 39.3 cm³/mol. The summed E-state index contributed by atoms with van der Waals surface area (Å²) in [4.78, 5) is 0. The van der Waals surface area contributed by atoms with Crippen LogP contribution in [-0.4, -0.2) is 11.8 Å². The third-order valence-electron chi connectivity index (χ3n) is 1.86. The number of para-hydroxylation sites is 1. The average Bonchev–Trinajstić information content (AvgIpc) is 2.34. The molecule has 0 saturated heterocycles. The summed E-state index contributed by atoms with van der Waals surface area (Å²) in [6, 6.07) is 7.92. The molecule has 2 rings (SSSR count). The highest BCUT2D eigenvalue weighted by Gasteiger charge is 2.14. The highest BCUT2D eigenvalue weighted by Crippen LogP contribution is 2.24. The Morgan fingerprint density at radius 3 is 2.90 bits per heavy atom. The van der Waals surface area contributed by atoms with E-state index in [2.05, 4.69) is 0 Å². The van der Waals surface area contributed by atoms with E-state index < -0.39 is 0 Å². The fraction of sp³-hybridized carbons (Fsp3) is 0.250. The predicted octanol–water partition coefficient (Wildman–Crippen LogP) is 1.44. The van der Waals surface area contributed by atoms with Crippen molar-refractivity contribution in [2.24, 2.45) is 0 Å². The first-order valence-electron chi connectivity index (χ1n) is 3.42. The molecule has 10 heavy (non-hydrogen) atoms. The van der Waals surface area contributed by atoms with Crippen molar-refractivity contribution < 1.29 is 5.21 Å². The van der Waals surface area contributed by atoms with Crippen LogP contribution in [0, 0.1) is 0 Å². The molecule has 52 valence electrons. The molecule has 2 heteroatoms. The maximum absolute atomic E-state index is 9.21. The molecule has 0 saturated carbocycles. The molecule has 1 N–H and O–H groups in total. The van der Waals surface area contributed by atoms with Gasteiger partial charge < -0.3 is 0 Å². The number of nitrogens with zero attached hydrogens (tertiary/aromatic N) is 1. The van der Waals surface area contributed by atoms with E-state index in [1.54, 1.807) is 0 Å². The van der Waals surface area contributed by atoms with Crippen molar-refractivity contribution in [3.05, 3.63) is 29.8 Å². The van der Waals surface area contributed by atoms with E-state index in [4.69, 9.17) is 0 Å². The van der Waals surface area contributed by atoms with Gasteiger partial charge in [-0.1, -0.05) is 18.2 Å². The molecular weight excluding hydrogens is 126 g/mol. The molecular formula is C8H9NO. The van der Waals surface area contributed by atoms with Crippen molar-refractivity contribution in [1.29, 1.82) is 0 Å². The van der Waals surface area contributed by atoms with Gasteiger partial charge in [-0.3, -0.25) is 10.3 Å². The Morgan fingerprint density at radius 2 is 2.10 bits per heavy atom. The second-order valence-electron chi connectivity index (χ2n) is 2.50. The summed E-state index contributed by atoms with van der Waals surface area (Å²) < 4.78 is 0. The number of anilines is 1. The van der Waals surface area contributed by atoms with Gasteiger partial charge in [-0.25, -0.2) is 0 Å². The minimum atomic E-state index is 0.735. The first-order valence-corrected chi connectivity index (χ1v) is 3.42. The summed E-state index contributed by atoms with van der Waals surface area (Å²) in [6.45, 7) is 0.735. The van der Waals surface area contributed by atoms with Crippen LogP contribution in [0.4, 0.5) is 5.69 Å². The summed E-state index contributed by atoms with van der Waals surface area (Å²) in [6.07, 6.45) is 0.965. The molecule has 1 aromatic carbocycles. The summed E-state index contributed by atoms with van der Waals surface area (Å²) in [5.74, 6) is 0. The maximum Gasteiger partial charge on any atom is 0.0666 e. The van der Waals surface area contributed by atoms with E-state index in [0.717, 1.165) is 18.7 Å². The zero-order chi connectivity index (χ0) is 6.97. The summed E-state index contributed by atoms with van der Waals surface area (Å²) in [5.41, 5.74) is 2.20. The highest BCUT2D eigenvalue weighted by atomic mass is 16.5. The van der Waals surface area contributed by atoms with Gasteiger partial charge in [0, 0.05) is 6.54 Å². The first kappa shape index (κ1) is 5.74. The molecule has 0 spiro atoms. The van der Waals surface area contributed by atoms with Crippen molar-refractivity contribution in [2.75, 3.05) is 11.6 Å². The molecule has 2 nitrogen and oxygen atoms in total. The van der Waals surface area contributed by atoms with Crippen LogP contribution in [0.3, 0.4) is 0 Å². The lowest BCUT2D eigenvalue weighted by Crippen LogP contribution is -2.13. The third kappa shape index (κ3) is 0.693. The van der Waals surface area contributed by atoms with Gasteiger partial charge in [0.2, 0.25) is 0 Å². The summed E-state index contributed by atoms with van der Waals surface area (Å²) in [7, 11) is 0. The van der Waals surface area contributed by atoms with Gasteiger partial charge in [0.1, 0.15) is 0 Å². The first-order chi connectivity index (χ1) is 4.88. The van der Waals surface area contributed by atoms with Crippen LogP contribution in [0.15, 0.2) is 24.3 Å². The standard InChI is InChI=1S/C8H9NO/c10-9-6-5-7-3-1-2-4-8(7)9/h1-4,10H,5-6H2. The van der Waals surface area contributed by atoms with Crippen molar-refractivity contribution in [2.45, 2.75) is 6.42 Å². The molecule has 0 unspecified atom stereocenters. The van der Waals surface area contributed by atoms with Crippen molar-refractivity contribution in [1.82, 2.24) is 0 Å². The number of fused-ring (bicyclic) bond motifs is 1. The Hall–Kier alpha value is -1.02. The Morgan fingerprint density at radius 1 is 1.30 bits per heavy atom. The van der Waals surface area contributed by atoms with Gasteiger partial charge in [-0.2, -0.15) is 0 Å². The summed E-state index contributed by atoms with van der Waals surface area (Å²) >= 11 is 0. The minimum absolute atomic E-state index is 0.735. The quantitative estimate of drug-likeness (QED) is 0.581. The van der Waals surface area contributed by atoms with Crippen LogP contribution in [0.2, 0.25) is 0 Å². The van der Waals surface area contributed by atoms with E-state index in [9.17, 15) is 5.21 Å². The van der Waals surface area contributed by atoms with Crippen LogP contribution in [0.1, 0.15) is 5.56 Å². The molecule has 0 bridgehead atoms. The Bertz CT molecular complexity index is 247. The Kier molecular flexibility index (Phi) is 1.14. The third-order valence-corrected chi connectivity index (χ3v) is 1.86. The van der Waals surface area contributed by atoms with E-state index in [-0.39, 0.29) is 0 Å². The smallest absolute Gasteiger partial charge is 0.0666 e. The minimum Gasteiger partial charge on any atom is -0.288 e. The normalized spacial score (nSPS) is 15.5. The molecule has 1 aliphatic rings. The van der Waals surface area contributed by atoms with Gasteiger partial charge in [-0.15, -0.1) is 0 Å². The van der Waals surface area contributed by atoms with Crippen LogP contribution < -0.4 is 5.06 Å². The molecule has 0 fully saturated rings. The Labute approximate surface area is 59.7 Å². The number of benzene rings is 1. The lowest BCUT2D eigenvalue weighted by atomic mass is 10.2. The van der Waals surface area contributed by atoms with Crippen LogP contribution >= 0.6 is 0 Å². The van der Waals surface area contributed by atoms with Crippen LogP contribution in [0.25, 0.3) is 0 Å². The summed E-state index contributed by atoms with van der Waals surface area (Å²) in [5, 5.41) is 10.5. The van der Waals surface area contributed by atoms with Crippen molar-refractivity contribution >= 4 is 5.69 Å². The maximum atomic E-state index is 9.21. The SMILES string of the molecule is ON1CCc2ccccc21. The molecule has 0 atom stereocenters. The van der Waals surface area contributed by atoms with Gasteiger partial charge in [0.25, 0.3) is 0 Å². The second kappa shape index (κ2) is 1.99. The topological polar surface area (TPSA) is 23.5 Å². The lowest BCUT2D eigenvalue weighted by molar-refractivity contribution is 0.264. The van der Waals surface area contributed by atoms with E-state index in [0.29, 0.717) is 0 Å². The Balaban J connectivity index is 2.51. The number of hydrogen-bond acceptors (Lipinski definition) is 2. The highest BCUT2D eigenvalue weighted by molar-refractivity contribution is 5.55. The second-order valence-corrected chi connectivity index (χ2v) is 2.50. The number of hydroxylamine groups is 1. The van der Waals surface area contributed by atoms with Gasteiger partial charge >= 0.3 is 0 Å². The zero-order valence-corrected chi connectivity index (χ0v) is 5.62. The molecule has 1 heterocycles. The zero-order valence-electron chi connectivity index (χ0n) is 5.62. The van der Waals surface area contributed by atoms with Gasteiger partial charge in [-0.05, 0) is 18.1 Å². The monoisotopic (exact) mass is 135 g/mol. The van der Waals surface area contributed by atoms with Crippen molar-refractivity contribution in [3.8, 4) is 0 Å². The number of hydrogen-bond donors (Lipinski definition) is 1. The number of rotatable bonds is 0. The lowest BCUT2D eigenvalue weighted by Gasteiger charge is -2.07. The molecule has 0 radical (unpaired) electrons. The molecule has 0 aromatic heterocycles. The largest absolute Gasteiger partial charge is 0.288 e.